The highest BCUT2D eigenvalue weighted by molar-refractivity contribution is 7.90. The largest absolute Gasteiger partial charge is 0.478 e. The SMILES string of the molecule is CC[C@H](Oc1ccccc1F)C(=O)N[C@H](CC)c1ccc(S(C)(=O)=O)cc1. The molecule has 0 heterocycles. The second-order valence-electron chi connectivity index (χ2n) is 6.26. The number of hydrogen-bond acceptors (Lipinski definition) is 4. The minimum absolute atomic E-state index is 0.0325. The Kier molecular flexibility index (Phi) is 6.96. The lowest BCUT2D eigenvalue weighted by molar-refractivity contribution is -0.129. The van der Waals surface area contributed by atoms with Gasteiger partial charge >= 0.3 is 0 Å². The molecule has 146 valence electrons. The molecule has 1 N–H and O–H groups in total. The topological polar surface area (TPSA) is 72.5 Å². The van der Waals surface area contributed by atoms with Gasteiger partial charge in [0.15, 0.2) is 27.5 Å². The molecule has 2 atom stereocenters. The van der Waals surface area contributed by atoms with Crippen LogP contribution in [0, 0.1) is 5.82 Å². The summed E-state index contributed by atoms with van der Waals surface area (Å²) in [5.41, 5.74) is 0.791. The van der Waals surface area contributed by atoms with Crippen LogP contribution >= 0.6 is 0 Å². The molecule has 1 amide bonds. The van der Waals surface area contributed by atoms with Crippen molar-refractivity contribution in [1.29, 1.82) is 0 Å². The molecule has 0 saturated carbocycles. The normalized spacial score (nSPS) is 13.6. The summed E-state index contributed by atoms with van der Waals surface area (Å²) in [6.45, 7) is 3.70. The fourth-order valence-corrected chi connectivity index (χ4v) is 3.28. The maximum Gasteiger partial charge on any atom is 0.261 e. The summed E-state index contributed by atoms with van der Waals surface area (Å²) in [6, 6.07) is 12.1. The van der Waals surface area contributed by atoms with Gasteiger partial charge in [-0.25, -0.2) is 12.8 Å². The highest BCUT2D eigenvalue weighted by Gasteiger charge is 2.23. The van der Waals surface area contributed by atoms with Crippen molar-refractivity contribution in [3.8, 4) is 5.75 Å². The van der Waals surface area contributed by atoms with Crippen LogP contribution in [-0.2, 0) is 14.6 Å². The average molecular weight is 393 g/mol. The van der Waals surface area contributed by atoms with Crippen LogP contribution in [0.2, 0.25) is 0 Å². The summed E-state index contributed by atoms with van der Waals surface area (Å²) in [7, 11) is -3.27. The van der Waals surface area contributed by atoms with Crippen LogP contribution in [0.4, 0.5) is 4.39 Å². The minimum atomic E-state index is -3.27. The molecule has 0 aliphatic heterocycles. The predicted octanol–water partition coefficient (Wildman–Crippen LogP) is 3.65. The van der Waals surface area contributed by atoms with E-state index in [0.717, 1.165) is 11.8 Å². The number of ether oxygens (including phenoxy) is 1. The van der Waals surface area contributed by atoms with Gasteiger partial charge < -0.3 is 10.1 Å². The van der Waals surface area contributed by atoms with Gasteiger partial charge in [-0.05, 0) is 42.7 Å². The third-order valence-electron chi connectivity index (χ3n) is 4.20. The fourth-order valence-electron chi connectivity index (χ4n) is 2.65. The molecule has 2 aromatic rings. The zero-order valence-corrected chi connectivity index (χ0v) is 16.4. The number of rotatable bonds is 8. The fraction of sp³-hybridized carbons (Fsp3) is 0.350. The number of amides is 1. The Morgan fingerprint density at radius 3 is 2.22 bits per heavy atom. The summed E-state index contributed by atoms with van der Waals surface area (Å²) < 4.78 is 42.5. The van der Waals surface area contributed by atoms with Gasteiger partial charge in [-0.15, -0.1) is 0 Å². The van der Waals surface area contributed by atoms with E-state index in [1.165, 1.54) is 24.3 Å². The molecule has 0 aliphatic carbocycles. The van der Waals surface area contributed by atoms with Crippen LogP contribution in [0.3, 0.4) is 0 Å². The Morgan fingerprint density at radius 1 is 1.07 bits per heavy atom. The van der Waals surface area contributed by atoms with E-state index < -0.39 is 21.8 Å². The molecule has 7 heteroatoms. The Labute approximate surface area is 159 Å². The van der Waals surface area contributed by atoms with Gasteiger partial charge in [-0.3, -0.25) is 4.79 Å². The summed E-state index contributed by atoms with van der Waals surface area (Å²) in [6.07, 6.45) is 1.31. The molecule has 2 rings (SSSR count). The highest BCUT2D eigenvalue weighted by atomic mass is 32.2. The summed E-state index contributed by atoms with van der Waals surface area (Å²) in [5, 5.41) is 2.90. The van der Waals surface area contributed by atoms with Gasteiger partial charge in [0.2, 0.25) is 0 Å². The third kappa shape index (κ3) is 5.53. The van der Waals surface area contributed by atoms with Crippen molar-refractivity contribution >= 4 is 15.7 Å². The predicted molar refractivity (Wildman–Crippen MR) is 102 cm³/mol. The van der Waals surface area contributed by atoms with Gasteiger partial charge in [0, 0.05) is 6.26 Å². The minimum Gasteiger partial charge on any atom is -0.478 e. The Bertz CT molecular complexity index is 881. The number of carbonyl (C=O) groups excluding carboxylic acids is 1. The number of benzene rings is 2. The third-order valence-corrected chi connectivity index (χ3v) is 5.33. The second-order valence-corrected chi connectivity index (χ2v) is 8.27. The molecule has 5 nitrogen and oxygen atoms in total. The molecule has 27 heavy (non-hydrogen) atoms. The number of carbonyl (C=O) groups is 1. The summed E-state index contributed by atoms with van der Waals surface area (Å²) in [5.74, 6) is -0.836. The number of nitrogens with one attached hydrogen (secondary N) is 1. The van der Waals surface area contributed by atoms with E-state index in [-0.39, 0.29) is 22.6 Å². The molecule has 0 fully saturated rings. The molecular formula is C20H24FNO4S. The lowest BCUT2D eigenvalue weighted by Crippen LogP contribution is -2.40. The van der Waals surface area contributed by atoms with Crippen molar-refractivity contribution in [1.82, 2.24) is 5.32 Å². The molecule has 0 aliphatic rings. The monoisotopic (exact) mass is 393 g/mol. The van der Waals surface area contributed by atoms with Gasteiger partial charge in [-0.2, -0.15) is 0 Å². The summed E-state index contributed by atoms with van der Waals surface area (Å²) in [4.78, 5) is 12.8. The first-order valence-corrected chi connectivity index (χ1v) is 10.7. The number of halogens is 1. The van der Waals surface area contributed by atoms with E-state index in [9.17, 15) is 17.6 Å². The second kappa shape index (κ2) is 8.99. The van der Waals surface area contributed by atoms with Crippen LogP contribution in [0.1, 0.15) is 38.3 Å². The lowest BCUT2D eigenvalue weighted by Gasteiger charge is -2.22. The average Bonchev–Trinajstić information content (AvgIpc) is 2.64. The maximum atomic E-state index is 13.8. The van der Waals surface area contributed by atoms with Crippen molar-refractivity contribution in [3.63, 3.8) is 0 Å². The Hall–Kier alpha value is -2.41. The number of para-hydroxylation sites is 1. The van der Waals surface area contributed by atoms with E-state index in [1.54, 1.807) is 31.2 Å². The standard InChI is InChI=1S/C20H24FNO4S/c1-4-17(14-10-12-15(13-11-14)27(3,24)25)22-20(23)18(5-2)26-19-9-7-6-8-16(19)21/h6-13,17-18H,4-5H2,1-3H3,(H,22,23)/t17-,18+/m1/s1. The van der Waals surface area contributed by atoms with Crippen LogP contribution in [0.25, 0.3) is 0 Å². The van der Waals surface area contributed by atoms with Gasteiger partial charge in [0.05, 0.1) is 10.9 Å². The van der Waals surface area contributed by atoms with Gasteiger partial charge in [0.1, 0.15) is 0 Å². The van der Waals surface area contributed by atoms with E-state index >= 15 is 0 Å². The van der Waals surface area contributed by atoms with Crippen LogP contribution < -0.4 is 10.1 Å². The molecule has 0 radical (unpaired) electrons. The van der Waals surface area contributed by atoms with Crippen molar-refractivity contribution < 1.29 is 22.3 Å². The number of sulfone groups is 1. The quantitative estimate of drug-likeness (QED) is 0.743. The Morgan fingerprint density at radius 2 is 1.70 bits per heavy atom. The van der Waals surface area contributed by atoms with E-state index in [2.05, 4.69) is 5.32 Å². The van der Waals surface area contributed by atoms with Crippen LogP contribution in [0.15, 0.2) is 53.4 Å². The molecule has 0 aromatic heterocycles. The molecule has 0 unspecified atom stereocenters. The van der Waals surface area contributed by atoms with Crippen molar-refractivity contribution in [2.45, 2.75) is 43.7 Å². The summed E-state index contributed by atoms with van der Waals surface area (Å²) >= 11 is 0. The zero-order valence-electron chi connectivity index (χ0n) is 15.6. The smallest absolute Gasteiger partial charge is 0.261 e. The molecule has 0 spiro atoms. The highest BCUT2D eigenvalue weighted by Crippen LogP contribution is 2.21. The van der Waals surface area contributed by atoms with Gasteiger partial charge in [-0.1, -0.05) is 38.1 Å². The number of hydrogen-bond donors (Lipinski definition) is 1. The van der Waals surface area contributed by atoms with Crippen molar-refractivity contribution in [2.24, 2.45) is 0 Å². The van der Waals surface area contributed by atoms with E-state index in [4.69, 9.17) is 4.74 Å². The maximum absolute atomic E-state index is 13.8. The van der Waals surface area contributed by atoms with E-state index in [0.29, 0.717) is 12.8 Å². The lowest BCUT2D eigenvalue weighted by atomic mass is 10.0. The Balaban J connectivity index is 2.11. The molecular weight excluding hydrogens is 369 g/mol. The van der Waals surface area contributed by atoms with Crippen LogP contribution in [-0.4, -0.2) is 26.7 Å². The molecule has 2 aromatic carbocycles. The first kappa shape index (κ1) is 20.9. The van der Waals surface area contributed by atoms with Crippen molar-refractivity contribution in [3.05, 3.63) is 59.9 Å². The van der Waals surface area contributed by atoms with Gasteiger partial charge in [0.25, 0.3) is 5.91 Å². The van der Waals surface area contributed by atoms with Crippen molar-refractivity contribution in [2.75, 3.05) is 6.26 Å². The van der Waals surface area contributed by atoms with Crippen LogP contribution in [0.5, 0.6) is 5.75 Å². The first-order chi connectivity index (χ1) is 12.8. The van der Waals surface area contributed by atoms with E-state index in [1.807, 2.05) is 6.92 Å². The molecule has 0 bridgehead atoms. The molecule has 0 saturated heterocycles. The zero-order chi connectivity index (χ0) is 20.0. The first-order valence-electron chi connectivity index (χ1n) is 8.77.